The summed E-state index contributed by atoms with van der Waals surface area (Å²) in [6.45, 7) is 0. The molecule has 0 bridgehead atoms. The van der Waals surface area contributed by atoms with Gasteiger partial charge in [0.15, 0.2) is 0 Å². The summed E-state index contributed by atoms with van der Waals surface area (Å²) < 4.78 is 1.18. The number of rotatable bonds is 2. The zero-order chi connectivity index (χ0) is 14.4. The summed E-state index contributed by atoms with van der Waals surface area (Å²) in [4.78, 5) is 0. The van der Waals surface area contributed by atoms with Crippen LogP contribution in [0.3, 0.4) is 0 Å². The van der Waals surface area contributed by atoms with E-state index in [9.17, 15) is 5.11 Å². The molecule has 0 spiro atoms. The fourth-order valence-electron chi connectivity index (χ4n) is 3.33. The van der Waals surface area contributed by atoms with Gasteiger partial charge in [0.1, 0.15) is 6.10 Å². The van der Waals surface area contributed by atoms with Gasteiger partial charge in [-0.2, -0.15) is 0 Å². The minimum atomic E-state index is -0.563. The summed E-state index contributed by atoms with van der Waals surface area (Å²) >= 11 is 2.28. The van der Waals surface area contributed by atoms with Crippen LogP contribution < -0.4 is 0 Å². The summed E-state index contributed by atoms with van der Waals surface area (Å²) in [5.41, 5.74) is 4.80. The molecule has 1 aliphatic rings. The van der Waals surface area contributed by atoms with Crippen molar-refractivity contribution in [2.24, 2.45) is 0 Å². The third kappa shape index (κ3) is 2.17. The van der Waals surface area contributed by atoms with Crippen molar-refractivity contribution in [3.63, 3.8) is 0 Å². The molecule has 0 amide bonds. The average molecular weight is 386 g/mol. The van der Waals surface area contributed by atoms with Crippen LogP contribution >= 0.6 is 22.6 Å². The van der Waals surface area contributed by atoms with Crippen molar-refractivity contribution in [1.29, 1.82) is 0 Å². The minimum Gasteiger partial charge on any atom is -0.384 e. The standard InChI is InChI=1S/C19H15IO/c20-15-9-6-14(7-10-15)19(21)17-11-8-13-5-4-12-2-1-3-16(17)18(12)13/h1-3,6-11,19,21H,4-5H2. The SMILES string of the molecule is OC(c1ccc(I)cc1)c1ccc2c3c(cccc13)CC2. The molecule has 2 heteroatoms. The normalized spacial score (nSPS) is 14.6. The second-order valence-corrected chi connectivity index (χ2v) is 6.85. The highest BCUT2D eigenvalue weighted by atomic mass is 127. The van der Waals surface area contributed by atoms with Gasteiger partial charge >= 0.3 is 0 Å². The van der Waals surface area contributed by atoms with E-state index >= 15 is 0 Å². The van der Waals surface area contributed by atoms with Crippen LogP contribution in [-0.4, -0.2) is 5.11 Å². The molecule has 0 heterocycles. The Morgan fingerprint density at radius 3 is 2.33 bits per heavy atom. The van der Waals surface area contributed by atoms with Crippen molar-refractivity contribution in [1.82, 2.24) is 0 Å². The molecule has 1 N–H and O–H groups in total. The van der Waals surface area contributed by atoms with Gasteiger partial charge in [-0.3, -0.25) is 0 Å². The van der Waals surface area contributed by atoms with Crippen LogP contribution in [0.2, 0.25) is 0 Å². The lowest BCUT2D eigenvalue weighted by Crippen LogP contribution is -2.01. The lowest BCUT2D eigenvalue weighted by atomic mass is 9.93. The maximum atomic E-state index is 10.8. The van der Waals surface area contributed by atoms with Crippen LogP contribution in [-0.2, 0) is 12.8 Å². The molecule has 3 aromatic rings. The molecule has 4 rings (SSSR count). The number of aliphatic hydroxyl groups is 1. The highest BCUT2D eigenvalue weighted by Gasteiger charge is 2.19. The van der Waals surface area contributed by atoms with E-state index in [0.717, 1.165) is 24.0 Å². The van der Waals surface area contributed by atoms with Gasteiger partial charge in [-0.05, 0) is 80.6 Å². The number of hydrogen-bond acceptors (Lipinski definition) is 1. The van der Waals surface area contributed by atoms with Gasteiger partial charge in [0, 0.05) is 3.57 Å². The van der Waals surface area contributed by atoms with Crippen molar-refractivity contribution < 1.29 is 5.11 Å². The second-order valence-electron chi connectivity index (χ2n) is 5.61. The summed E-state index contributed by atoms with van der Waals surface area (Å²) in [5.74, 6) is 0. The van der Waals surface area contributed by atoms with Crippen LogP contribution in [0.4, 0.5) is 0 Å². The van der Waals surface area contributed by atoms with Crippen molar-refractivity contribution in [2.75, 3.05) is 0 Å². The first-order valence-corrected chi connectivity index (χ1v) is 8.29. The maximum absolute atomic E-state index is 10.8. The Bertz CT molecular complexity index is 811. The molecular weight excluding hydrogens is 371 g/mol. The lowest BCUT2D eigenvalue weighted by Gasteiger charge is -2.15. The van der Waals surface area contributed by atoms with Gasteiger partial charge in [0.25, 0.3) is 0 Å². The Kier molecular flexibility index (Phi) is 3.23. The smallest absolute Gasteiger partial charge is 0.105 e. The van der Waals surface area contributed by atoms with Crippen LogP contribution in [0.5, 0.6) is 0 Å². The summed E-state index contributed by atoms with van der Waals surface area (Å²) in [6, 6.07) is 18.8. The molecule has 0 radical (unpaired) electrons. The first-order chi connectivity index (χ1) is 10.2. The first-order valence-electron chi connectivity index (χ1n) is 7.21. The Hall–Kier alpha value is -1.39. The van der Waals surface area contributed by atoms with E-state index in [0.29, 0.717) is 0 Å². The Balaban J connectivity index is 1.89. The molecule has 0 saturated heterocycles. The molecule has 1 unspecified atom stereocenters. The zero-order valence-corrected chi connectivity index (χ0v) is 13.7. The van der Waals surface area contributed by atoms with Crippen LogP contribution in [0.25, 0.3) is 10.8 Å². The van der Waals surface area contributed by atoms with Crippen molar-refractivity contribution in [2.45, 2.75) is 18.9 Å². The molecule has 3 aromatic carbocycles. The van der Waals surface area contributed by atoms with Gasteiger partial charge in [-0.15, -0.1) is 0 Å². The lowest BCUT2D eigenvalue weighted by molar-refractivity contribution is 0.222. The molecule has 1 nitrogen and oxygen atoms in total. The van der Waals surface area contributed by atoms with Gasteiger partial charge < -0.3 is 5.11 Å². The Labute approximate surface area is 137 Å². The molecule has 1 aliphatic carbocycles. The van der Waals surface area contributed by atoms with Crippen LogP contribution in [0.1, 0.15) is 28.4 Å². The fraction of sp³-hybridized carbons (Fsp3) is 0.158. The highest BCUT2D eigenvalue weighted by molar-refractivity contribution is 14.1. The minimum absolute atomic E-state index is 0.563. The number of aryl methyl sites for hydroxylation is 2. The Morgan fingerprint density at radius 1 is 0.857 bits per heavy atom. The van der Waals surface area contributed by atoms with E-state index < -0.39 is 6.10 Å². The highest BCUT2D eigenvalue weighted by Crippen LogP contribution is 2.36. The molecule has 0 aromatic heterocycles. The summed E-state index contributed by atoms with van der Waals surface area (Å²) in [6.07, 6.45) is 1.68. The molecule has 0 saturated carbocycles. The molecule has 21 heavy (non-hydrogen) atoms. The molecular formula is C19H15IO. The van der Waals surface area contributed by atoms with E-state index in [-0.39, 0.29) is 0 Å². The largest absolute Gasteiger partial charge is 0.384 e. The van der Waals surface area contributed by atoms with Crippen molar-refractivity contribution in [3.8, 4) is 0 Å². The van der Waals surface area contributed by atoms with Crippen molar-refractivity contribution in [3.05, 3.63) is 80.4 Å². The van der Waals surface area contributed by atoms with E-state index in [2.05, 4.69) is 52.9 Å². The fourth-order valence-corrected chi connectivity index (χ4v) is 3.69. The summed E-state index contributed by atoms with van der Waals surface area (Å²) in [5, 5.41) is 13.3. The van der Waals surface area contributed by atoms with Gasteiger partial charge in [-0.25, -0.2) is 0 Å². The number of aliphatic hydroxyl groups excluding tert-OH is 1. The van der Waals surface area contributed by atoms with Gasteiger partial charge in [0.05, 0.1) is 0 Å². The monoisotopic (exact) mass is 386 g/mol. The molecule has 0 aliphatic heterocycles. The quantitative estimate of drug-likeness (QED) is 0.637. The second kappa shape index (κ2) is 5.11. The predicted molar refractivity (Wildman–Crippen MR) is 94.6 cm³/mol. The van der Waals surface area contributed by atoms with E-state index in [4.69, 9.17) is 0 Å². The number of hydrogen-bond donors (Lipinski definition) is 1. The van der Waals surface area contributed by atoms with Gasteiger partial charge in [0.2, 0.25) is 0 Å². The van der Waals surface area contributed by atoms with E-state index in [1.54, 1.807) is 0 Å². The van der Waals surface area contributed by atoms with E-state index in [1.807, 2.05) is 24.3 Å². The third-order valence-corrected chi connectivity index (χ3v) is 5.11. The molecule has 0 fully saturated rings. The maximum Gasteiger partial charge on any atom is 0.105 e. The first kappa shape index (κ1) is 13.3. The topological polar surface area (TPSA) is 20.2 Å². The Morgan fingerprint density at radius 2 is 1.57 bits per heavy atom. The zero-order valence-electron chi connectivity index (χ0n) is 11.5. The predicted octanol–water partition coefficient (Wildman–Crippen LogP) is 4.62. The van der Waals surface area contributed by atoms with Crippen molar-refractivity contribution >= 4 is 33.4 Å². The summed E-state index contributed by atoms with van der Waals surface area (Å²) in [7, 11) is 0. The van der Waals surface area contributed by atoms with Gasteiger partial charge in [-0.1, -0.05) is 42.5 Å². The van der Waals surface area contributed by atoms with Crippen LogP contribution in [0.15, 0.2) is 54.6 Å². The van der Waals surface area contributed by atoms with E-state index in [1.165, 1.54) is 25.5 Å². The average Bonchev–Trinajstić information content (AvgIpc) is 2.93. The molecule has 104 valence electrons. The molecule has 1 atom stereocenters. The third-order valence-electron chi connectivity index (χ3n) is 4.39. The number of halogens is 1. The van der Waals surface area contributed by atoms with Crippen LogP contribution in [0, 0.1) is 3.57 Å². The number of benzene rings is 3.